The highest BCUT2D eigenvalue weighted by atomic mass is 32.2. The van der Waals surface area contributed by atoms with Crippen LogP contribution in [0.2, 0.25) is 0 Å². The number of rotatable bonds is 8. The van der Waals surface area contributed by atoms with Crippen molar-refractivity contribution in [2.24, 2.45) is 0 Å². The van der Waals surface area contributed by atoms with Gasteiger partial charge in [0.15, 0.2) is 11.5 Å². The second-order valence-electron chi connectivity index (χ2n) is 4.53. The zero-order valence-electron chi connectivity index (χ0n) is 13.2. The molecule has 2 rings (SSSR count). The van der Waals surface area contributed by atoms with Gasteiger partial charge in [-0.1, -0.05) is 17.8 Å². The van der Waals surface area contributed by atoms with Gasteiger partial charge in [-0.25, -0.2) is 4.98 Å². The summed E-state index contributed by atoms with van der Waals surface area (Å²) in [5.74, 6) is 1.51. The number of pyridine rings is 1. The van der Waals surface area contributed by atoms with Gasteiger partial charge >= 0.3 is 0 Å². The van der Waals surface area contributed by atoms with Crippen molar-refractivity contribution in [2.45, 2.75) is 18.9 Å². The van der Waals surface area contributed by atoms with Crippen molar-refractivity contribution in [2.75, 3.05) is 24.3 Å². The topological polar surface area (TPSA) is 60.5 Å². The molecule has 0 unspecified atom stereocenters. The summed E-state index contributed by atoms with van der Waals surface area (Å²) in [5.41, 5.74) is 0.684. The van der Waals surface area contributed by atoms with E-state index in [1.54, 1.807) is 24.4 Å². The van der Waals surface area contributed by atoms with Gasteiger partial charge in [0.05, 0.1) is 24.0 Å². The number of carbonyl (C=O) groups is 1. The fraction of sp³-hybridized carbons (Fsp3) is 0.294. The van der Waals surface area contributed by atoms with Crippen LogP contribution in [0.1, 0.15) is 13.8 Å². The predicted octanol–water partition coefficient (Wildman–Crippen LogP) is 3.61. The highest BCUT2D eigenvalue weighted by Crippen LogP contribution is 2.30. The number of benzene rings is 1. The summed E-state index contributed by atoms with van der Waals surface area (Å²) in [6.07, 6.45) is 1.71. The molecule has 0 fully saturated rings. The maximum Gasteiger partial charge on any atom is 0.234 e. The van der Waals surface area contributed by atoms with Crippen LogP contribution in [0.15, 0.2) is 47.6 Å². The normalized spacial score (nSPS) is 10.2. The van der Waals surface area contributed by atoms with Gasteiger partial charge in [0.2, 0.25) is 5.91 Å². The molecule has 1 aromatic heterocycles. The molecule has 23 heavy (non-hydrogen) atoms. The lowest BCUT2D eigenvalue weighted by Gasteiger charge is -2.13. The average Bonchev–Trinajstić information content (AvgIpc) is 2.57. The minimum Gasteiger partial charge on any atom is -0.490 e. The molecule has 122 valence electrons. The van der Waals surface area contributed by atoms with Gasteiger partial charge in [-0.15, -0.1) is 0 Å². The molecule has 0 aliphatic carbocycles. The Morgan fingerprint density at radius 3 is 2.61 bits per heavy atom. The number of amides is 1. The van der Waals surface area contributed by atoms with Gasteiger partial charge in [-0.3, -0.25) is 4.79 Å². The lowest BCUT2D eigenvalue weighted by molar-refractivity contribution is -0.113. The van der Waals surface area contributed by atoms with Crippen LogP contribution >= 0.6 is 11.8 Å². The van der Waals surface area contributed by atoms with Gasteiger partial charge in [0.25, 0.3) is 0 Å². The summed E-state index contributed by atoms with van der Waals surface area (Å²) in [6, 6.07) is 11.0. The Labute approximate surface area is 140 Å². The fourth-order valence-electron chi connectivity index (χ4n) is 1.90. The van der Waals surface area contributed by atoms with Gasteiger partial charge in [0.1, 0.15) is 0 Å². The first-order valence-electron chi connectivity index (χ1n) is 7.46. The molecule has 0 atom stereocenters. The van der Waals surface area contributed by atoms with Crippen LogP contribution in [0.4, 0.5) is 5.69 Å². The number of hydrogen-bond acceptors (Lipinski definition) is 5. The van der Waals surface area contributed by atoms with Crippen LogP contribution in [-0.4, -0.2) is 29.9 Å². The van der Waals surface area contributed by atoms with Crippen LogP contribution < -0.4 is 14.8 Å². The molecule has 2 aromatic rings. The quantitative estimate of drug-likeness (QED) is 0.748. The number of aromatic nitrogens is 1. The summed E-state index contributed by atoms with van der Waals surface area (Å²) in [6.45, 7) is 4.92. The third-order valence-corrected chi connectivity index (χ3v) is 3.76. The van der Waals surface area contributed by atoms with Gasteiger partial charge < -0.3 is 14.8 Å². The van der Waals surface area contributed by atoms with Crippen LogP contribution in [0.25, 0.3) is 0 Å². The van der Waals surface area contributed by atoms with Gasteiger partial charge in [-0.05, 0) is 38.1 Å². The Hall–Kier alpha value is -2.21. The standard InChI is InChI=1S/C17H20N2O3S/c1-3-21-14-9-8-13(11-15(14)22-4-2)19-16(20)12-23-17-7-5-6-10-18-17/h5-11H,3-4,12H2,1-2H3,(H,19,20). The summed E-state index contributed by atoms with van der Waals surface area (Å²) in [7, 11) is 0. The minimum atomic E-state index is -0.0905. The number of carbonyl (C=O) groups excluding carboxylic acids is 1. The molecule has 0 saturated carbocycles. The lowest BCUT2D eigenvalue weighted by Crippen LogP contribution is -2.14. The van der Waals surface area contributed by atoms with E-state index >= 15 is 0 Å². The Morgan fingerprint density at radius 1 is 1.13 bits per heavy atom. The van der Waals surface area contributed by atoms with Crippen molar-refractivity contribution in [1.29, 1.82) is 0 Å². The molecule has 0 radical (unpaired) electrons. The largest absolute Gasteiger partial charge is 0.490 e. The van der Waals surface area contributed by atoms with E-state index in [1.165, 1.54) is 11.8 Å². The van der Waals surface area contributed by atoms with Crippen molar-refractivity contribution >= 4 is 23.4 Å². The van der Waals surface area contributed by atoms with Crippen LogP contribution in [0.5, 0.6) is 11.5 Å². The third kappa shape index (κ3) is 5.49. The summed E-state index contributed by atoms with van der Waals surface area (Å²) in [5, 5.41) is 3.68. The zero-order valence-corrected chi connectivity index (χ0v) is 14.1. The molecule has 1 aromatic carbocycles. The van der Waals surface area contributed by atoms with E-state index in [0.29, 0.717) is 36.2 Å². The van der Waals surface area contributed by atoms with Crippen LogP contribution in [0, 0.1) is 0 Å². The molecular weight excluding hydrogens is 312 g/mol. The average molecular weight is 332 g/mol. The number of nitrogens with zero attached hydrogens (tertiary/aromatic N) is 1. The SMILES string of the molecule is CCOc1ccc(NC(=O)CSc2ccccn2)cc1OCC. The molecule has 1 amide bonds. The second kappa shape index (κ2) is 9.05. The predicted molar refractivity (Wildman–Crippen MR) is 92.4 cm³/mol. The van der Waals surface area contributed by atoms with E-state index in [4.69, 9.17) is 9.47 Å². The molecular formula is C17H20N2O3S. The van der Waals surface area contributed by atoms with E-state index in [9.17, 15) is 4.79 Å². The first-order valence-corrected chi connectivity index (χ1v) is 8.44. The van der Waals surface area contributed by atoms with Gasteiger partial charge in [0, 0.05) is 18.0 Å². The molecule has 0 saturated heterocycles. The zero-order chi connectivity index (χ0) is 16.5. The lowest BCUT2D eigenvalue weighted by atomic mass is 10.2. The summed E-state index contributed by atoms with van der Waals surface area (Å²) >= 11 is 1.39. The van der Waals surface area contributed by atoms with E-state index in [-0.39, 0.29) is 5.91 Å². The van der Waals surface area contributed by atoms with E-state index in [0.717, 1.165) is 5.03 Å². The van der Waals surface area contributed by atoms with Crippen molar-refractivity contribution in [3.63, 3.8) is 0 Å². The maximum atomic E-state index is 12.0. The first kappa shape index (κ1) is 17.1. The molecule has 1 heterocycles. The van der Waals surface area contributed by atoms with Crippen LogP contribution in [0.3, 0.4) is 0 Å². The molecule has 5 nitrogen and oxygen atoms in total. The number of hydrogen-bond donors (Lipinski definition) is 1. The molecule has 0 spiro atoms. The number of nitrogens with one attached hydrogen (secondary N) is 1. The third-order valence-electron chi connectivity index (χ3n) is 2.82. The van der Waals surface area contributed by atoms with Crippen LogP contribution in [-0.2, 0) is 4.79 Å². The number of ether oxygens (including phenoxy) is 2. The fourth-order valence-corrected chi connectivity index (χ4v) is 2.56. The smallest absolute Gasteiger partial charge is 0.234 e. The Balaban J connectivity index is 1.96. The number of anilines is 1. The Morgan fingerprint density at radius 2 is 1.91 bits per heavy atom. The summed E-state index contributed by atoms with van der Waals surface area (Å²) in [4.78, 5) is 16.2. The van der Waals surface area contributed by atoms with Crippen molar-refractivity contribution in [3.05, 3.63) is 42.6 Å². The molecule has 0 aliphatic heterocycles. The maximum absolute atomic E-state index is 12.0. The molecule has 6 heteroatoms. The van der Waals surface area contributed by atoms with E-state index in [2.05, 4.69) is 10.3 Å². The number of thioether (sulfide) groups is 1. The molecule has 0 bridgehead atoms. The minimum absolute atomic E-state index is 0.0905. The van der Waals surface area contributed by atoms with E-state index < -0.39 is 0 Å². The molecule has 1 N–H and O–H groups in total. The first-order chi connectivity index (χ1) is 11.2. The van der Waals surface area contributed by atoms with Crippen molar-refractivity contribution in [1.82, 2.24) is 4.98 Å². The van der Waals surface area contributed by atoms with E-state index in [1.807, 2.05) is 32.0 Å². The molecule has 0 aliphatic rings. The van der Waals surface area contributed by atoms with Crippen molar-refractivity contribution < 1.29 is 14.3 Å². The second-order valence-corrected chi connectivity index (χ2v) is 5.53. The monoisotopic (exact) mass is 332 g/mol. The van der Waals surface area contributed by atoms with Crippen molar-refractivity contribution in [3.8, 4) is 11.5 Å². The van der Waals surface area contributed by atoms with Gasteiger partial charge in [-0.2, -0.15) is 0 Å². The highest BCUT2D eigenvalue weighted by molar-refractivity contribution is 7.99. The Kier molecular flexibility index (Phi) is 6.75. The summed E-state index contributed by atoms with van der Waals surface area (Å²) < 4.78 is 11.1. The Bertz CT molecular complexity index is 635. The highest BCUT2D eigenvalue weighted by Gasteiger charge is 2.09.